The highest BCUT2D eigenvalue weighted by Crippen LogP contribution is 2.18. The van der Waals surface area contributed by atoms with Gasteiger partial charge in [0, 0.05) is 26.4 Å². The lowest BCUT2D eigenvalue weighted by Gasteiger charge is -2.18. The van der Waals surface area contributed by atoms with Crippen LogP contribution in [0.3, 0.4) is 0 Å². The molecule has 17 heavy (non-hydrogen) atoms. The molecular weight excluding hydrogens is 208 g/mol. The average Bonchev–Trinajstić information content (AvgIpc) is 2.83. The van der Waals surface area contributed by atoms with E-state index >= 15 is 0 Å². The van der Waals surface area contributed by atoms with Crippen LogP contribution in [0.25, 0.3) is 10.9 Å². The second-order valence-corrected chi connectivity index (χ2v) is 4.20. The van der Waals surface area contributed by atoms with Crippen LogP contribution in [0.2, 0.25) is 0 Å². The Kier molecular flexibility index (Phi) is 3.36. The molecular formula is C15H22N2. The SMILES string of the molecule is [2H]C([2H])(CC)N(CC)CCc1c[nH]c2ccccc12. The number of H-pyrrole nitrogens is 1. The van der Waals surface area contributed by atoms with Gasteiger partial charge in [-0.1, -0.05) is 32.0 Å². The molecule has 2 rings (SSSR count). The van der Waals surface area contributed by atoms with Crippen molar-refractivity contribution in [1.82, 2.24) is 9.88 Å². The van der Waals surface area contributed by atoms with Gasteiger partial charge in [-0.15, -0.1) is 0 Å². The molecule has 0 spiro atoms. The number of benzene rings is 1. The van der Waals surface area contributed by atoms with Gasteiger partial charge in [0.1, 0.15) is 0 Å². The lowest BCUT2D eigenvalue weighted by molar-refractivity contribution is 0.293. The first kappa shape index (κ1) is 9.72. The van der Waals surface area contributed by atoms with E-state index in [4.69, 9.17) is 2.74 Å². The van der Waals surface area contributed by atoms with Crippen molar-refractivity contribution >= 4 is 10.9 Å². The van der Waals surface area contributed by atoms with Gasteiger partial charge in [-0.2, -0.15) is 0 Å². The van der Waals surface area contributed by atoms with Crippen molar-refractivity contribution in [2.45, 2.75) is 26.7 Å². The molecule has 1 aromatic heterocycles. The number of fused-ring (bicyclic) bond motifs is 1. The van der Waals surface area contributed by atoms with E-state index in [2.05, 4.69) is 17.1 Å². The molecule has 1 heterocycles. The van der Waals surface area contributed by atoms with E-state index in [0.29, 0.717) is 6.42 Å². The number of aromatic nitrogens is 1. The first-order valence-electron chi connectivity index (χ1n) is 7.38. The van der Waals surface area contributed by atoms with E-state index in [9.17, 15) is 0 Å². The molecule has 2 nitrogen and oxygen atoms in total. The highest BCUT2D eigenvalue weighted by Gasteiger charge is 2.05. The van der Waals surface area contributed by atoms with Crippen molar-refractivity contribution in [3.8, 4) is 0 Å². The van der Waals surface area contributed by atoms with Crippen LogP contribution in [0, 0.1) is 0 Å². The third kappa shape index (κ3) is 2.89. The summed E-state index contributed by atoms with van der Waals surface area (Å²) in [5.74, 6) is 0. The quantitative estimate of drug-likeness (QED) is 0.808. The normalized spacial score (nSPS) is 14.1. The number of rotatable bonds is 6. The van der Waals surface area contributed by atoms with E-state index in [1.165, 1.54) is 10.9 Å². The second kappa shape index (κ2) is 5.87. The maximum Gasteiger partial charge on any atom is 0.0456 e. The molecule has 1 N–H and O–H groups in total. The third-order valence-corrected chi connectivity index (χ3v) is 3.09. The Bertz CT molecular complexity index is 534. The molecule has 0 saturated carbocycles. The highest BCUT2D eigenvalue weighted by molar-refractivity contribution is 5.83. The molecule has 0 atom stereocenters. The van der Waals surface area contributed by atoms with Crippen molar-refractivity contribution < 1.29 is 2.74 Å². The summed E-state index contributed by atoms with van der Waals surface area (Å²) in [7, 11) is 0. The topological polar surface area (TPSA) is 19.0 Å². The van der Waals surface area contributed by atoms with Crippen LogP contribution in [0.4, 0.5) is 0 Å². The van der Waals surface area contributed by atoms with Crippen molar-refractivity contribution in [3.05, 3.63) is 36.0 Å². The monoisotopic (exact) mass is 232 g/mol. The molecule has 0 aliphatic rings. The number of hydrogen-bond donors (Lipinski definition) is 1. The number of likely N-dealkylation sites (N-methyl/N-ethyl adjacent to an activating group) is 1. The predicted molar refractivity (Wildman–Crippen MR) is 74.4 cm³/mol. The Morgan fingerprint density at radius 1 is 1.29 bits per heavy atom. The number of nitrogens with one attached hydrogen (secondary N) is 1. The summed E-state index contributed by atoms with van der Waals surface area (Å²) < 4.78 is 16.0. The van der Waals surface area contributed by atoms with Crippen LogP contribution in [-0.4, -0.2) is 29.5 Å². The third-order valence-electron chi connectivity index (χ3n) is 3.09. The lowest BCUT2D eigenvalue weighted by atomic mass is 10.1. The molecule has 0 aliphatic heterocycles. The van der Waals surface area contributed by atoms with Gasteiger partial charge in [0.15, 0.2) is 0 Å². The lowest BCUT2D eigenvalue weighted by Crippen LogP contribution is -2.26. The van der Waals surface area contributed by atoms with E-state index in [0.717, 1.165) is 25.0 Å². The minimum atomic E-state index is -1.21. The fourth-order valence-corrected chi connectivity index (χ4v) is 2.17. The number of hydrogen-bond acceptors (Lipinski definition) is 1. The van der Waals surface area contributed by atoms with E-state index in [1.54, 1.807) is 0 Å². The predicted octanol–water partition coefficient (Wildman–Crippen LogP) is 3.44. The van der Waals surface area contributed by atoms with Gasteiger partial charge in [-0.25, -0.2) is 0 Å². The summed E-state index contributed by atoms with van der Waals surface area (Å²) in [6, 6.07) is 8.26. The molecule has 2 heteroatoms. The minimum Gasteiger partial charge on any atom is -0.361 e. The van der Waals surface area contributed by atoms with Gasteiger partial charge in [0.25, 0.3) is 0 Å². The van der Waals surface area contributed by atoms with E-state index < -0.39 is 6.50 Å². The van der Waals surface area contributed by atoms with Crippen LogP contribution in [0.15, 0.2) is 30.5 Å². The van der Waals surface area contributed by atoms with Gasteiger partial charge in [-0.05, 0) is 37.5 Å². The zero-order valence-electron chi connectivity index (χ0n) is 12.7. The molecule has 0 amide bonds. The summed E-state index contributed by atoms with van der Waals surface area (Å²) in [4.78, 5) is 5.18. The smallest absolute Gasteiger partial charge is 0.0456 e. The standard InChI is InChI=1S/C15H22N2/c1-3-10-17(4-2)11-9-13-12-16-15-8-6-5-7-14(13)15/h5-8,12,16H,3-4,9-11H2,1-2H3/i10D2. The Balaban J connectivity index is 2.09. The molecule has 0 fully saturated rings. The van der Waals surface area contributed by atoms with Gasteiger partial charge in [-0.3, -0.25) is 0 Å². The second-order valence-electron chi connectivity index (χ2n) is 4.20. The van der Waals surface area contributed by atoms with Crippen LogP contribution < -0.4 is 0 Å². The Morgan fingerprint density at radius 3 is 2.88 bits per heavy atom. The minimum absolute atomic E-state index is 0.523. The molecule has 1 aromatic carbocycles. The zero-order valence-corrected chi connectivity index (χ0v) is 10.7. The number of nitrogens with zero attached hydrogens (tertiary/aromatic N) is 1. The summed E-state index contributed by atoms with van der Waals surface area (Å²) in [6.45, 7) is 4.19. The largest absolute Gasteiger partial charge is 0.361 e. The molecule has 0 saturated heterocycles. The van der Waals surface area contributed by atoms with Crippen LogP contribution in [0.1, 0.15) is 28.6 Å². The first-order valence-corrected chi connectivity index (χ1v) is 6.38. The van der Waals surface area contributed by atoms with Gasteiger partial charge >= 0.3 is 0 Å². The summed E-state index contributed by atoms with van der Waals surface area (Å²) in [5.41, 5.74) is 2.42. The Morgan fingerprint density at radius 2 is 2.12 bits per heavy atom. The maximum absolute atomic E-state index is 8.01. The molecule has 0 unspecified atom stereocenters. The van der Waals surface area contributed by atoms with Crippen molar-refractivity contribution in [1.29, 1.82) is 0 Å². The highest BCUT2D eigenvalue weighted by atomic mass is 15.1. The van der Waals surface area contributed by atoms with Crippen LogP contribution in [0.5, 0.6) is 0 Å². The van der Waals surface area contributed by atoms with E-state index in [1.807, 2.05) is 37.1 Å². The summed E-state index contributed by atoms with van der Waals surface area (Å²) in [6.07, 6.45) is 3.44. The van der Waals surface area contributed by atoms with Crippen LogP contribution in [-0.2, 0) is 6.42 Å². The molecule has 0 aliphatic carbocycles. The van der Waals surface area contributed by atoms with E-state index in [-0.39, 0.29) is 0 Å². The van der Waals surface area contributed by atoms with Crippen LogP contribution >= 0.6 is 0 Å². The Hall–Kier alpha value is -1.28. The molecule has 92 valence electrons. The maximum atomic E-state index is 8.01. The fraction of sp³-hybridized carbons (Fsp3) is 0.467. The van der Waals surface area contributed by atoms with Gasteiger partial charge in [0.2, 0.25) is 0 Å². The number of aromatic amines is 1. The van der Waals surface area contributed by atoms with Gasteiger partial charge in [0.05, 0.1) is 0 Å². The first-order chi connectivity index (χ1) is 9.08. The summed E-state index contributed by atoms with van der Waals surface area (Å²) in [5, 5.41) is 1.25. The number of para-hydroxylation sites is 1. The van der Waals surface area contributed by atoms with Crippen molar-refractivity contribution in [3.63, 3.8) is 0 Å². The fourth-order valence-electron chi connectivity index (χ4n) is 2.17. The van der Waals surface area contributed by atoms with Gasteiger partial charge < -0.3 is 9.88 Å². The molecule has 0 bridgehead atoms. The molecule has 2 aromatic rings. The average molecular weight is 232 g/mol. The molecule has 0 radical (unpaired) electrons. The van der Waals surface area contributed by atoms with Crippen molar-refractivity contribution in [2.24, 2.45) is 0 Å². The zero-order chi connectivity index (χ0) is 13.9. The Labute approximate surface area is 106 Å². The van der Waals surface area contributed by atoms with Crippen molar-refractivity contribution in [2.75, 3.05) is 19.6 Å². The summed E-state index contributed by atoms with van der Waals surface area (Å²) >= 11 is 0.